The lowest BCUT2D eigenvalue weighted by molar-refractivity contribution is 0.155. The van der Waals surface area contributed by atoms with Crippen molar-refractivity contribution in [2.24, 2.45) is 0 Å². The average Bonchev–Trinajstić information content (AvgIpc) is 2.81. The first-order valence-corrected chi connectivity index (χ1v) is 11.6. The lowest BCUT2D eigenvalue weighted by Gasteiger charge is -2.39. The zero-order valence-corrected chi connectivity index (χ0v) is 18.1. The van der Waals surface area contributed by atoms with Gasteiger partial charge < -0.3 is 4.74 Å². The number of hydrogen-bond donors (Lipinski definition) is 0. The van der Waals surface area contributed by atoms with E-state index in [1.54, 1.807) is 0 Å². The third kappa shape index (κ3) is 4.49. The van der Waals surface area contributed by atoms with Crippen LogP contribution >= 0.6 is 0 Å². The smallest absolute Gasteiger partial charge is 0.246 e. The summed E-state index contributed by atoms with van der Waals surface area (Å²) in [5.41, 5.74) is 2.33. The Kier molecular flexibility index (Phi) is 6.36. The predicted octanol–water partition coefficient (Wildman–Crippen LogP) is 3.93. The minimum atomic E-state index is -3.86. The van der Waals surface area contributed by atoms with Crippen LogP contribution in [0.4, 0.5) is 4.39 Å². The molecule has 3 aromatic rings. The second kappa shape index (κ2) is 9.18. The van der Waals surface area contributed by atoms with Crippen LogP contribution in [0.5, 0.6) is 5.75 Å². The van der Waals surface area contributed by atoms with Crippen LogP contribution in [-0.2, 0) is 10.0 Å². The summed E-state index contributed by atoms with van der Waals surface area (Å²) in [4.78, 5) is 2.16. The summed E-state index contributed by atoms with van der Waals surface area (Å²) in [6, 6.07) is 24.0. The number of benzene rings is 3. The number of sulfonamides is 1. The van der Waals surface area contributed by atoms with E-state index in [-0.39, 0.29) is 16.7 Å². The highest BCUT2D eigenvalue weighted by molar-refractivity contribution is 7.89. The van der Waals surface area contributed by atoms with Gasteiger partial charge in [0.25, 0.3) is 0 Å². The lowest BCUT2D eigenvalue weighted by atomic mass is 9.96. The number of halogens is 1. The first-order chi connectivity index (χ1) is 15.0. The molecule has 31 heavy (non-hydrogen) atoms. The van der Waals surface area contributed by atoms with Crippen molar-refractivity contribution in [2.45, 2.75) is 10.9 Å². The third-order valence-electron chi connectivity index (χ3n) is 5.61. The summed E-state index contributed by atoms with van der Waals surface area (Å²) < 4.78 is 46.8. The summed E-state index contributed by atoms with van der Waals surface area (Å²) in [7, 11) is -2.48. The number of nitrogens with zero attached hydrogens (tertiary/aromatic N) is 2. The number of rotatable bonds is 6. The van der Waals surface area contributed by atoms with Crippen LogP contribution in [0.1, 0.15) is 17.2 Å². The Morgan fingerprint density at radius 2 is 1.39 bits per heavy atom. The highest BCUT2D eigenvalue weighted by Crippen LogP contribution is 2.32. The Morgan fingerprint density at radius 3 is 1.90 bits per heavy atom. The Balaban J connectivity index is 1.58. The fourth-order valence-corrected chi connectivity index (χ4v) is 5.67. The molecule has 0 amide bonds. The number of hydrogen-bond acceptors (Lipinski definition) is 4. The van der Waals surface area contributed by atoms with Gasteiger partial charge in [0.1, 0.15) is 16.5 Å². The van der Waals surface area contributed by atoms with Gasteiger partial charge in [-0.05, 0) is 29.3 Å². The van der Waals surface area contributed by atoms with Gasteiger partial charge in [-0.1, -0.05) is 60.7 Å². The van der Waals surface area contributed by atoms with Crippen molar-refractivity contribution in [3.63, 3.8) is 0 Å². The molecular formula is C24H25FN2O3S. The molecule has 0 aliphatic carbocycles. The molecule has 1 fully saturated rings. The molecule has 5 nitrogen and oxygen atoms in total. The second-order valence-electron chi connectivity index (χ2n) is 7.46. The lowest BCUT2D eigenvalue weighted by Crippen LogP contribution is -2.49. The van der Waals surface area contributed by atoms with Gasteiger partial charge in [-0.3, -0.25) is 4.90 Å². The van der Waals surface area contributed by atoms with Crippen LogP contribution in [0, 0.1) is 5.82 Å². The van der Waals surface area contributed by atoms with Gasteiger partial charge in [0.2, 0.25) is 10.0 Å². The van der Waals surface area contributed by atoms with Crippen LogP contribution in [0.15, 0.2) is 83.8 Å². The monoisotopic (exact) mass is 440 g/mol. The molecule has 1 heterocycles. The van der Waals surface area contributed by atoms with Crippen LogP contribution in [0.3, 0.4) is 0 Å². The van der Waals surface area contributed by atoms with Gasteiger partial charge in [-0.2, -0.15) is 4.31 Å². The molecule has 0 N–H and O–H groups in total. The molecular weight excluding hydrogens is 415 g/mol. The number of methoxy groups -OCH3 is 1. The number of piperazine rings is 1. The maximum Gasteiger partial charge on any atom is 0.246 e. The Labute approximate surface area is 182 Å². The zero-order chi connectivity index (χ0) is 21.8. The minimum Gasteiger partial charge on any atom is -0.495 e. The van der Waals surface area contributed by atoms with Crippen molar-refractivity contribution in [2.75, 3.05) is 33.3 Å². The Hall–Kier alpha value is -2.74. The van der Waals surface area contributed by atoms with Gasteiger partial charge >= 0.3 is 0 Å². The maximum absolute atomic E-state index is 13.8. The summed E-state index contributed by atoms with van der Waals surface area (Å²) in [5, 5.41) is 0. The molecule has 0 radical (unpaired) electrons. The third-order valence-corrected chi connectivity index (χ3v) is 7.53. The Bertz CT molecular complexity index is 1080. The maximum atomic E-state index is 13.8. The molecule has 3 aromatic carbocycles. The van der Waals surface area contributed by atoms with E-state index in [9.17, 15) is 12.8 Å². The molecule has 162 valence electrons. The van der Waals surface area contributed by atoms with E-state index in [4.69, 9.17) is 4.74 Å². The molecule has 1 aliphatic rings. The van der Waals surface area contributed by atoms with Crippen molar-refractivity contribution < 1.29 is 17.5 Å². The van der Waals surface area contributed by atoms with E-state index in [1.807, 2.05) is 36.4 Å². The normalized spacial score (nSPS) is 15.8. The largest absolute Gasteiger partial charge is 0.495 e. The van der Waals surface area contributed by atoms with E-state index in [1.165, 1.54) is 23.5 Å². The van der Waals surface area contributed by atoms with Crippen LogP contribution in [-0.4, -0.2) is 50.9 Å². The first kappa shape index (κ1) is 21.5. The quantitative estimate of drug-likeness (QED) is 0.583. The van der Waals surface area contributed by atoms with Gasteiger partial charge in [0.05, 0.1) is 13.2 Å². The molecule has 0 unspecified atom stereocenters. The topological polar surface area (TPSA) is 49.9 Å². The number of ether oxygens (including phenoxy) is 1. The van der Waals surface area contributed by atoms with Crippen molar-refractivity contribution >= 4 is 10.0 Å². The fraction of sp³-hybridized carbons (Fsp3) is 0.250. The van der Waals surface area contributed by atoms with E-state index >= 15 is 0 Å². The van der Waals surface area contributed by atoms with Gasteiger partial charge in [-0.25, -0.2) is 12.8 Å². The fourth-order valence-electron chi connectivity index (χ4n) is 4.08. The van der Waals surface area contributed by atoms with E-state index < -0.39 is 15.8 Å². The molecule has 1 aliphatic heterocycles. The Morgan fingerprint density at radius 1 is 0.839 bits per heavy atom. The van der Waals surface area contributed by atoms with Crippen molar-refractivity contribution in [1.29, 1.82) is 0 Å². The molecule has 0 saturated carbocycles. The van der Waals surface area contributed by atoms with E-state index in [2.05, 4.69) is 29.2 Å². The summed E-state index contributed by atoms with van der Waals surface area (Å²) in [5.74, 6) is -0.457. The van der Waals surface area contributed by atoms with Crippen LogP contribution < -0.4 is 4.74 Å². The highest BCUT2D eigenvalue weighted by atomic mass is 32.2. The molecule has 0 atom stereocenters. The standard InChI is InChI=1S/C24H25FN2O3S/c1-30-22-13-12-21(25)18-23(22)31(28,29)27-16-14-26(15-17-27)24(19-8-4-2-5-9-19)20-10-6-3-7-11-20/h2-13,18,24H,14-17H2,1H3. The van der Waals surface area contributed by atoms with Gasteiger partial charge in [-0.15, -0.1) is 0 Å². The first-order valence-electron chi connectivity index (χ1n) is 10.2. The van der Waals surface area contributed by atoms with Crippen molar-refractivity contribution in [1.82, 2.24) is 9.21 Å². The van der Waals surface area contributed by atoms with Gasteiger partial charge in [0, 0.05) is 26.2 Å². The minimum absolute atomic E-state index is 0.0379. The molecule has 1 saturated heterocycles. The second-order valence-corrected chi connectivity index (χ2v) is 9.37. The van der Waals surface area contributed by atoms with E-state index in [0.29, 0.717) is 26.2 Å². The molecule has 0 aromatic heterocycles. The zero-order valence-electron chi connectivity index (χ0n) is 17.3. The van der Waals surface area contributed by atoms with Crippen LogP contribution in [0.25, 0.3) is 0 Å². The van der Waals surface area contributed by atoms with Gasteiger partial charge in [0.15, 0.2) is 0 Å². The molecule has 0 spiro atoms. The van der Waals surface area contributed by atoms with Crippen molar-refractivity contribution in [3.8, 4) is 5.75 Å². The molecule has 4 rings (SSSR count). The molecule has 7 heteroatoms. The predicted molar refractivity (Wildman–Crippen MR) is 118 cm³/mol. The summed E-state index contributed by atoms with van der Waals surface area (Å²) in [6.45, 7) is 1.76. The molecule has 0 bridgehead atoms. The van der Waals surface area contributed by atoms with Crippen molar-refractivity contribution in [3.05, 3.63) is 95.8 Å². The SMILES string of the molecule is COc1ccc(F)cc1S(=O)(=O)N1CCN(C(c2ccccc2)c2ccccc2)CC1. The van der Waals surface area contributed by atoms with Crippen LogP contribution in [0.2, 0.25) is 0 Å². The highest BCUT2D eigenvalue weighted by Gasteiger charge is 2.33. The summed E-state index contributed by atoms with van der Waals surface area (Å²) in [6.07, 6.45) is 0. The van der Waals surface area contributed by atoms with E-state index in [0.717, 1.165) is 17.2 Å². The average molecular weight is 441 g/mol. The summed E-state index contributed by atoms with van der Waals surface area (Å²) >= 11 is 0.